The molecule has 0 unspecified atom stereocenters. The maximum Gasteiger partial charge on any atom is 0.335 e. The van der Waals surface area contributed by atoms with Crippen molar-refractivity contribution < 1.29 is 19.4 Å². The molecule has 2 aliphatic heterocycles. The first-order valence-electron chi connectivity index (χ1n) is 11.5. The molecule has 0 spiro atoms. The Kier molecular flexibility index (Phi) is 7.85. The number of hydrogen-bond donors (Lipinski definition) is 2. The fourth-order valence-corrected chi connectivity index (χ4v) is 4.71. The van der Waals surface area contributed by atoms with Gasteiger partial charge < -0.3 is 20.1 Å². The Bertz CT molecular complexity index is 985. The maximum atomic E-state index is 12.8. The lowest BCUT2D eigenvalue weighted by Gasteiger charge is -2.36. The number of carbonyl (C=O) groups excluding carboxylic acids is 1. The quantitative estimate of drug-likeness (QED) is 0.629. The van der Waals surface area contributed by atoms with Crippen molar-refractivity contribution in [3.63, 3.8) is 0 Å². The fraction of sp³-hybridized carbons (Fsp3) is 0.440. The minimum atomic E-state index is -1.03. The molecular weight excluding hydrogens is 442 g/mol. The summed E-state index contributed by atoms with van der Waals surface area (Å²) in [5.74, 6) is -0.671. The Morgan fingerprint density at radius 2 is 1.79 bits per heavy atom. The molecule has 1 amide bonds. The summed E-state index contributed by atoms with van der Waals surface area (Å²) in [6.45, 7) is 6.56. The van der Waals surface area contributed by atoms with Crippen LogP contribution in [0.4, 0.5) is 11.4 Å². The highest BCUT2D eigenvalue weighted by molar-refractivity contribution is 6.31. The first-order chi connectivity index (χ1) is 16.0. The average molecular weight is 472 g/mol. The second kappa shape index (κ2) is 11.0. The van der Waals surface area contributed by atoms with Gasteiger partial charge in [-0.2, -0.15) is 0 Å². The molecule has 0 aliphatic carbocycles. The van der Waals surface area contributed by atoms with Crippen LogP contribution in [-0.4, -0.2) is 67.8 Å². The van der Waals surface area contributed by atoms with Crippen molar-refractivity contribution in [2.75, 3.05) is 56.2 Å². The van der Waals surface area contributed by atoms with E-state index in [1.54, 1.807) is 36.4 Å². The highest BCUT2D eigenvalue weighted by atomic mass is 35.5. The van der Waals surface area contributed by atoms with E-state index in [9.17, 15) is 14.7 Å². The summed E-state index contributed by atoms with van der Waals surface area (Å²) in [6.07, 6.45) is 3.34. The van der Waals surface area contributed by atoms with Crippen molar-refractivity contribution in [2.24, 2.45) is 5.92 Å². The highest BCUT2D eigenvalue weighted by Gasteiger charge is 2.23. The van der Waals surface area contributed by atoms with E-state index in [-0.39, 0.29) is 11.5 Å². The third-order valence-corrected chi connectivity index (χ3v) is 6.73. The zero-order valence-electron chi connectivity index (χ0n) is 18.6. The van der Waals surface area contributed by atoms with Crippen molar-refractivity contribution >= 4 is 34.9 Å². The molecule has 4 rings (SSSR count). The number of nitrogens with one attached hydrogen (secondary N) is 1. The molecule has 2 heterocycles. The fourth-order valence-electron chi connectivity index (χ4n) is 4.52. The third kappa shape index (κ3) is 6.25. The van der Waals surface area contributed by atoms with Gasteiger partial charge in [0.25, 0.3) is 5.91 Å². The first kappa shape index (κ1) is 23.5. The number of carboxylic acid groups (broad SMARTS) is 1. The topological polar surface area (TPSA) is 82.1 Å². The second-order valence-corrected chi connectivity index (χ2v) is 9.11. The van der Waals surface area contributed by atoms with E-state index >= 15 is 0 Å². The zero-order valence-corrected chi connectivity index (χ0v) is 19.4. The Morgan fingerprint density at radius 3 is 2.48 bits per heavy atom. The normalized spacial score (nSPS) is 17.7. The number of nitrogens with zero attached hydrogens (tertiary/aromatic N) is 2. The number of ether oxygens (including phenoxy) is 1. The molecule has 2 N–H and O–H groups in total. The minimum absolute atomic E-state index is 0.139. The lowest BCUT2D eigenvalue weighted by molar-refractivity contribution is 0.0349. The van der Waals surface area contributed by atoms with Crippen molar-refractivity contribution in [3.8, 4) is 0 Å². The Hall–Kier alpha value is -2.61. The predicted octanol–water partition coefficient (Wildman–Crippen LogP) is 4.23. The van der Waals surface area contributed by atoms with Crippen LogP contribution in [0.1, 0.15) is 40.0 Å². The van der Waals surface area contributed by atoms with Crippen LogP contribution in [0.25, 0.3) is 0 Å². The first-order valence-corrected chi connectivity index (χ1v) is 11.9. The van der Waals surface area contributed by atoms with Gasteiger partial charge in [-0.3, -0.25) is 9.69 Å². The largest absolute Gasteiger partial charge is 0.478 e. The van der Waals surface area contributed by atoms with Gasteiger partial charge in [-0.15, -0.1) is 0 Å². The number of benzene rings is 2. The van der Waals surface area contributed by atoms with Crippen LogP contribution in [0.15, 0.2) is 42.5 Å². The molecule has 176 valence electrons. The molecule has 0 saturated carbocycles. The van der Waals surface area contributed by atoms with Crippen LogP contribution >= 0.6 is 11.6 Å². The monoisotopic (exact) mass is 471 g/mol. The molecule has 0 aromatic heterocycles. The molecule has 2 aliphatic rings. The van der Waals surface area contributed by atoms with E-state index < -0.39 is 5.97 Å². The molecule has 0 atom stereocenters. The van der Waals surface area contributed by atoms with Crippen LogP contribution < -0.4 is 10.2 Å². The second-order valence-electron chi connectivity index (χ2n) is 8.67. The van der Waals surface area contributed by atoms with Crippen LogP contribution in [0.2, 0.25) is 5.02 Å². The van der Waals surface area contributed by atoms with Gasteiger partial charge in [0, 0.05) is 36.8 Å². The summed E-state index contributed by atoms with van der Waals surface area (Å²) in [7, 11) is 0. The van der Waals surface area contributed by atoms with Gasteiger partial charge in [0.2, 0.25) is 0 Å². The predicted molar refractivity (Wildman–Crippen MR) is 130 cm³/mol. The number of rotatable bonds is 7. The minimum Gasteiger partial charge on any atom is -0.478 e. The molecule has 33 heavy (non-hydrogen) atoms. The van der Waals surface area contributed by atoms with Gasteiger partial charge in [0.15, 0.2) is 0 Å². The SMILES string of the molecule is O=C(O)c1ccc(N2CCC(CCN3CCOCC3)CC2)c(NC(=O)c2cccc(Cl)c2)c1. The number of morpholine rings is 1. The Labute approximate surface area is 199 Å². The van der Waals surface area contributed by atoms with Crippen LogP contribution in [0.5, 0.6) is 0 Å². The van der Waals surface area contributed by atoms with E-state index in [1.165, 1.54) is 12.5 Å². The number of carbonyl (C=O) groups is 2. The number of hydrogen-bond acceptors (Lipinski definition) is 5. The van der Waals surface area contributed by atoms with Crippen molar-refractivity contribution in [1.29, 1.82) is 0 Å². The summed E-state index contributed by atoms with van der Waals surface area (Å²) in [4.78, 5) is 29.1. The van der Waals surface area contributed by atoms with Crippen LogP contribution in [0.3, 0.4) is 0 Å². The highest BCUT2D eigenvalue weighted by Crippen LogP contribution is 2.32. The number of aromatic carboxylic acids is 1. The van der Waals surface area contributed by atoms with E-state index in [2.05, 4.69) is 15.1 Å². The standard InChI is InChI=1S/C25H30ClN3O4/c26-21-3-1-2-19(16-21)24(30)27-22-17-20(25(31)32)4-5-23(22)29-10-7-18(8-11-29)6-9-28-12-14-33-15-13-28/h1-5,16-18H,6-15H2,(H,27,30)(H,31,32). The summed E-state index contributed by atoms with van der Waals surface area (Å²) in [5.41, 5.74) is 1.92. The molecule has 2 aromatic rings. The average Bonchev–Trinajstić information content (AvgIpc) is 2.83. The summed E-state index contributed by atoms with van der Waals surface area (Å²) in [6, 6.07) is 11.6. The lowest BCUT2D eigenvalue weighted by atomic mass is 9.92. The molecule has 2 fully saturated rings. The smallest absolute Gasteiger partial charge is 0.335 e. The van der Waals surface area contributed by atoms with Gasteiger partial charge in [0.05, 0.1) is 30.2 Å². The van der Waals surface area contributed by atoms with Gasteiger partial charge in [-0.05, 0) is 68.1 Å². The number of piperidine rings is 1. The van der Waals surface area contributed by atoms with Crippen molar-refractivity contribution in [2.45, 2.75) is 19.3 Å². The number of anilines is 2. The number of carboxylic acids is 1. The van der Waals surface area contributed by atoms with E-state index in [0.717, 1.165) is 64.5 Å². The summed E-state index contributed by atoms with van der Waals surface area (Å²) in [5, 5.41) is 12.8. The third-order valence-electron chi connectivity index (χ3n) is 6.49. The lowest BCUT2D eigenvalue weighted by Crippen LogP contribution is -2.39. The number of halogens is 1. The van der Waals surface area contributed by atoms with E-state index in [0.29, 0.717) is 22.2 Å². The summed E-state index contributed by atoms with van der Waals surface area (Å²) >= 11 is 6.03. The molecule has 2 aromatic carbocycles. The maximum absolute atomic E-state index is 12.8. The summed E-state index contributed by atoms with van der Waals surface area (Å²) < 4.78 is 5.43. The van der Waals surface area contributed by atoms with E-state index in [4.69, 9.17) is 16.3 Å². The molecule has 2 saturated heterocycles. The molecule has 7 nitrogen and oxygen atoms in total. The van der Waals surface area contributed by atoms with Crippen molar-refractivity contribution in [1.82, 2.24) is 4.90 Å². The Morgan fingerprint density at radius 1 is 1.03 bits per heavy atom. The molecule has 8 heteroatoms. The number of amides is 1. The zero-order chi connectivity index (χ0) is 23.2. The molecule has 0 bridgehead atoms. The van der Waals surface area contributed by atoms with Crippen LogP contribution in [0, 0.1) is 5.92 Å². The van der Waals surface area contributed by atoms with Gasteiger partial charge in [-0.25, -0.2) is 4.79 Å². The van der Waals surface area contributed by atoms with Crippen LogP contribution in [-0.2, 0) is 4.74 Å². The molecular formula is C25H30ClN3O4. The van der Waals surface area contributed by atoms with E-state index in [1.807, 2.05) is 0 Å². The molecule has 0 radical (unpaired) electrons. The van der Waals surface area contributed by atoms with Crippen molar-refractivity contribution in [3.05, 3.63) is 58.6 Å². The van der Waals surface area contributed by atoms with Gasteiger partial charge in [-0.1, -0.05) is 17.7 Å². The van der Waals surface area contributed by atoms with Gasteiger partial charge >= 0.3 is 5.97 Å². The Balaban J connectivity index is 1.42. The van der Waals surface area contributed by atoms with Gasteiger partial charge in [0.1, 0.15) is 0 Å².